The van der Waals surface area contributed by atoms with Gasteiger partial charge in [0.2, 0.25) is 5.91 Å². The molecule has 1 aromatic carbocycles. The van der Waals surface area contributed by atoms with Gasteiger partial charge in [0.05, 0.1) is 6.54 Å². The number of nitrogens with one attached hydrogen (secondary N) is 2. The van der Waals surface area contributed by atoms with Gasteiger partial charge in [0.25, 0.3) is 0 Å². The SMILES string of the molecule is O=C(CNC1CC2CCC1C2)NCc1ccccc1. The molecular formula is C16H22N2O. The van der Waals surface area contributed by atoms with Gasteiger partial charge < -0.3 is 10.6 Å². The van der Waals surface area contributed by atoms with Crippen LogP contribution in [0.3, 0.4) is 0 Å². The van der Waals surface area contributed by atoms with Crippen LogP contribution in [0.5, 0.6) is 0 Å². The van der Waals surface area contributed by atoms with E-state index >= 15 is 0 Å². The lowest BCUT2D eigenvalue weighted by atomic mass is 9.95. The number of carbonyl (C=O) groups excluding carboxylic acids is 1. The predicted molar refractivity (Wildman–Crippen MR) is 75.5 cm³/mol. The molecular weight excluding hydrogens is 236 g/mol. The van der Waals surface area contributed by atoms with Crippen LogP contribution in [-0.2, 0) is 11.3 Å². The van der Waals surface area contributed by atoms with E-state index in [2.05, 4.69) is 10.6 Å². The zero-order valence-corrected chi connectivity index (χ0v) is 11.3. The molecule has 2 fully saturated rings. The van der Waals surface area contributed by atoms with E-state index in [0.717, 1.165) is 17.4 Å². The fourth-order valence-corrected chi connectivity index (χ4v) is 3.58. The van der Waals surface area contributed by atoms with Crippen molar-refractivity contribution < 1.29 is 4.79 Å². The van der Waals surface area contributed by atoms with E-state index < -0.39 is 0 Å². The molecule has 0 saturated heterocycles. The van der Waals surface area contributed by atoms with Crippen LogP contribution in [0.1, 0.15) is 31.2 Å². The standard InChI is InChI=1S/C16H22N2O/c19-16(18-10-12-4-2-1-3-5-12)11-17-15-9-13-6-7-14(15)8-13/h1-5,13-15,17H,6-11H2,(H,18,19). The second-order valence-electron chi connectivity index (χ2n) is 5.92. The van der Waals surface area contributed by atoms with Gasteiger partial charge in [0, 0.05) is 12.6 Å². The van der Waals surface area contributed by atoms with Crippen LogP contribution in [0.25, 0.3) is 0 Å². The molecule has 3 nitrogen and oxygen atoms in total. The van der Waals surface area contributed by atoms with Crippen molar-refractivity contribution in [3.63, 3.8) is 0 Å². The highest BCUT2D eigenvalue weighted by atomic mass is 16.1. The maximum atomic E-state index is 11.8. The number of fused-ring (bicyclic) bond motifs is 2. The minimum absolute atomic E-state index is 0.103. The van der Waals surface area contributed by atoms with Crippen molar-refractivity contribution in [3.05, 3.63) is 35.9 Å². The number of hydrogen-bond acceptors (Lipinski definition) is 2. The van der Waals surface area contributed by atoms with Crippen molar-refractivity contribution in [2.24, 2.45) is 11.8 Å². The summed E-state index contributed by atoms with van der Waals surface area (Å²) in [5, 5.41) is 6.40. The first-order chi connectivity index (χ1) is 9.31. The average molecular weight is 258 g/mol. The third-order valence-corrected chi connectivity index (χ3v) is 4.60. The summed E-state index contributed by atoms with van der Waals surface area (Å²) in [6.45, 7) is 1.08. The monoisotopic (exact) mass is 258 g/mol. The number of amides is 1. The van der Waals surface area contributed by atoms with Crippen molar-refractivity contribution >= 4 is 5.91 Å². The lowest BCUT2D eigenvalue weighted by molar-refractivity contribution is -0.120. The molecule has 2 saturated carbocycles. The molecule has 1 aromatic rings. The smallest absolute Gasteiger partial charge is 0.234 e. The predicted octanol–water partition coefficient (Wildman–Crippen LogP) is 2.08. The van der Waals surface area contributed by atoms with Gasteiger partial charge in [-0.1, -0.05) is 36.8 Å². The van der Waals surface area contributed by atoms with Gasteiger partial charge in [-0.2, -0.15) is 0 Å². The number of hydrogen-bond donors (Lipinski definition) is 2. The molecule has 3 rings (SSSR count). The zero-order chi connectivity index (χ0) is 13.1. The summed E-state index contributed by atoms with van der Waals surface area (Å²) in [5.41, 5.74) is 1.15. The number of rotatable bonds is 5. The van der Waals surface area contributed by atoms with Crippen LogP contribution in [0, 0.1) is 11.8 Å². The second-order valence-corrected chi connectivity index (χ2v) is 5.92. The van der Waals surface area contributed by atoms with Crippen LogP contribution in [0.4, 0.5) is 0 Å². The Bertz CT molecular complexity index is 432. The molecule has 0 radical (unpaired) electrons. The minimum Gasteiger partial charge on any atom is -0.351 e. The Kier molecular flexibility index (Phi) is 3.83. The number of benzene rings is 1. The molecule has 2 bridgehead atoms. The summed E-state index contributed by atoms with van der Waals surface area (Å²) < 4.78 is 0. The first-order valence-electron chi connectivity index (χ1n) is 7.35. The molecule has 2 aliphatic rings. The van der Waals surface area contributed by atoms with Gasteiger partial charge in [-0.25, -0.2) is 0 Å². The average Bonchev–Trinajstić information content (AvgIpc) is 3.06. The van der Waals surface area contributed by atoms with E-state index in [-0.39, 0.29) is 5.91 Å². The second kappa shape index (κ2) is 5.74. The van der Waals surface area contributed by atoms with Gasteiger partial charge in [-0.3, -0.25) is 4.79 Å². The molecule has 3 unspecified atom stereocenters. The Balaban J connectivity index is 1.38. The van der Waals surface area contributed by atoms with E-state index in [4.69, 9.17) is 0 Å². The Morgan fingerprint density at radius 2 is 2.00 bits per heavy atom. The Hall–Kier alpha value is -1.35. The summed E-state index contributed by atoms with van der Waals surface area (Å²) in [7, 11) is 0. The van der Waals surface area contributed by atoms with Crippen molar-refractivity contribution in [2.75, 3.05) is 6.54 Å². The highest BCUT2D eigenvalue weighted by molar-refractivity contribution is 5.78. The summed E-state index contributed by atoms with van der Waals surface area (Å²) in [6.07, 6.45) is 5.41. The summed E-state index contributed by atoms with van der Waals surface area (Å²) in [5.74, 6) is 1.86. The molecule has 0 aromatic heterocycles. The lowest BCUT2D eigenvalue weighted by Gasteiger charge is -2.22. The van der Waals surface area contributed by atoms with E-state index in [1.165, 1.54) is 25.7 Å². The van der Waals surface area contributed by atoms with E-state index in [9.17, 15) is 4.79 Å². The van der Waals surface area contributed by atoms with Crippen LogP contribution in [0.2, 0.25) is 0 Å². The van der Waals surface area contributed by atoms with Crippen molar-refractivity contribution in [2.45, 2.75) is 38.3 Å². The Morgan fingerprint density at radius 3 is 2.68 bits per heavy atom. The highest BCUT2D eigenvalue weighted by Gasteiger charge is 2.39. The van der Waals surface area contributed by atoms with Gasteiger partial charge in [0.15, 0.2) is 0 Å². The third kappa shape index (κ3) is 3.16. The van der Waals surface area contributed by atoms with Gasteiger partial charge in [-0.05, 0) is 36.7 Å². The van der Waals surface area contributed by atoms with E-state index in [1.807, 2.05) is 30.3 Å². The third-order valence-electron chi connectivity index (χ3n) is 4.60. The maximum absolute atomic E-state index is 11.8. The van der Waals surface area contributed by atoms with Crippen molar-refractivity contribution in [1.82, 2.24) is 10.6 Å². The first kappa shape index (κ1) is 12.7. The van der Waals surface area contributed by atoms with E-state index in [1.54, 1.807) is 0 Å². The Labute approximate surface area is 114 Å². The highest BCUT2D eigenvalue weighted by Crippen LogP contribution is 2.44. The summed E-state index contributed by atoms with van der Waals surface area (Å²) in [4.78, 5) is 11.8. The quantitative estimate of drug-likeness (QED) is 0.849. The molecule has 1 amide bonds. The van der Waals surface area contributed by atoms with Crippen LogP contribution < -0.4 is 10.6 Å². The van der Waals surface area contributed by atoms with Crippen molar-refractivity contribution in [3.8, 4) is 0 Å². The molecule has 3 atom stereocenters. The largest absolute Gasteiger partial charge is 0.351 e. The van der Waals surface area contributed by atoms with Crippen LogP contribution >= 0.6 is 0 Å². The molecule has 3 heteroatoms. The van der Waals surface area contributed by atoms with Gasteiger partial charge in [-0.15, -0.1) is 0 Å². The maximum Gasteiger partial charge on any atom is 0.234 e. The topological polar surface area (TPSA) is 41.1 Å². The fourth-order valence-electron chi connectivity index (χ4n) is 3.58. The zero-order valence-electron chi connectivity index (χ0n) is 11.3. The fraction of sp³-hybridized carbons (Fsp3) is 0.562. The normalized spacial score (nSPS) is 28.5. The van der Waals surface area contributed by atoms with Gasteiger partial charge in [0.1, 0.15) is 0 Å². The molecule has 19 heavy (non-hydrogen) atoms. The minimum atomic E-state index is 0.103. The lowest BCUT2D eigenvalue weighted by Crippen LogP contribution is -2.41. The van der Waals surface area contributed by atoms with Crippen molar-refractivity contribution in [1.29, 1.82) is 0 Å². The summed E-state index contributed by atoms with van der Waals surface area (Å²) in [6, 6.07) is 10.6. The van der Waals surface area contributed by atoms with Crippen LogP contribution in [-0.4, -0.2) is 18.5 Å². The molecule has 2 N–H and O–H groups in total. The first-order valence-corrected chi connectivity index (χ1v) is 7.35. The Morgan fingerprint density at radius 1 is 1.16 bits per heavy atom. The molecule has 102 valence electrons. The molecule has 0 heterocycles. The summed E-state index contributed by atoms with van der Waals surface area (Å²) >= 11 is 0. The van der Waals surface area contributed by atoms with Crippen LogP contribution in [0.15, 0.2) is 30.3 Å². The molecule has 2 aliphatic carbocycles. The number of carbonyl (C=O) groups is 1. The molecule has 0 aliphatic heterocycles. The van der Waals surface area contributed by atoms with Gasteiger partial charge >= 0.3 is 0 Å². The molecule has 0 spiro atoms. The van der Waals surface area contributed by atoms with E-state index in [0.29, 0.717) is 19.1 Å².